The number of carbonyl (C=O) groups excluding carboxylic acids is 2. The van der Waals surface area contributed by atoms with E-state index in [9.17, 15) is 18.4 Å². The van der Waals surface area contributed by atoms with Crippen molar-refractivity contribution in [2.24, 2.45) is 5.84 Å². The van der Waals surface area contributed by atoms with Crippen LogP contribution in [0.25, 0.3) is 0 Å². The third kappa shape index (κ3) is 4.06. The van der Waals surface area contributed by atoms with Crippen LogP contribution in [0.4, 0.5) is 14.5 Å². The maximum atomic E-state index is 12.3. The number of hydrogen-bond acceptors (Lipinski definition) is 6. The summed E-state index contributed by atoms with van der Waals surface area (Å²) in [4.78, 5) is 24.6. The van der Waals surface area contributed by atoms with Crippen molar-refractivity contribution in [2.45, 2.75) is 13.0 Å². The lowest BCUT2D eigenvalue weighted by atomic mass is 10.2. The summed E-state index contributed by atoms with van der Waals surface area (Å²) in [5.74, 6) is 2.34. The van der Waals surface area contributed by atoms with Gasteiger partial charge in [-0.2, -0.15) is 8.78 Å². The van der Waals surface area contributed by atoms with Gasteiger partial charge in [-0.25, -0.2) is 10.9 Å². The number of rotatable bonds is 5. The summed E-state index contributed by atoms with van der Waals surface area (Å²) >= 11 is 5.91. The molecule has 0 fully saturated rings. The first kappa shape index (κ1) is 17.8. The highest BCUT2D eigenvalue weighted by atomic mass is 35.5. The van der Waals surface area contributed by atoms with Crippen LogP contribution >= 0.6 is 11.6 Å². The monoisotopic (exact) mass is 358 g/mol. The minimum Gasteiger partial charge on any atom is -0.367 e. The van der Waals surface area contributed by atoms with Gasteiger partial charge in [0.05, 0.1) is 6.54 Å². The van der Waals surface area contributed by atoms with Crippen molar-refractivity contribution >= 4 is 29.1 Å². The predicted octanol–water partition coefficient (Wildman–Crippen LogP) is 2.07. The molecule has 0 atom stereocenters. The summed E-state index contributed by atoms with van der Waals surface area (Å²) < 4.78 is 29.5. The Labute approximate surface area is 140 Å². The molecule has 1 aromatic heterocycles. The fourth-order valence-electron chi connectivity index (χ4n) is 1.86. The Balaban J connectivity index is 2.08. The normalized spacial score (nSPS) is 10.8. The van der Waals surface area contributed by atoms with Gasteiger partial charge in [-0.15, -0.1) is 0 Å². The molecule has 0 bridgehead atoms. The quantitative estimate of drug-likeness (QED) is 0.499. The predicted molar refractivity (Wildman–Crippen MR) is 81.4 cm³/mol. The van der Waals surface area contributed by atoms with Crippen molar-refractivity contribution in [3.05, 3.63) is 46.8 Å². The number of benzene rings is 1. The van der Waals surface area contributed by atoms with E-state index in [4.69, 9.17) is 22.0 Å². The maximum absolute atomic E-state index is 12.3. The van der Waals surface area contributed by atoms with Gasteiger partial charge >= 0.3 is 12.3 Å². The number of carbonyl (C=O) groups is 2. The van der Waals surface area contributed by atoms with Crippen LogP contribution in [-0.2, 0) is 11.3 Å². The van der Waals surface area contributed by atoms with E-state index in [1.165, 1.54) is 6.07 Å². The topological polar surface area (TPSA) is 92.7 Å². The summed E-state index contributed by atoms with van der Waals surface area (Å²) in [6.45, 7) is 0.230. The van der Waals surface area contributed by atoms with Gasteiger partial charge in [-0.1, -0.05) is 22.8 Å². The first-order chi connectivity index (χ1) is 11.3. The van der Waals surface area contributed by atoms with E-state index in [-0.39, 0.29) is 23.0 Å². The van der Waals surface area contributed by atoms with Crippen molar-refractivity contribution in [3.63, 3.8) is 0 Å². The Bertz CT molecular complexity index is 753. The zero-order chi connectivity index (χ0) is 17.9. The van der Waals surface area contributed by atoms with Crippen LogP contribution in [0, 0.1) is 0 Å². The highest BCUT2D eigenvalue weighted by Gasteiger charge is 2.29. The molecule has 2 N–H and O–H groups in total. The lowest BCUT2D eigenvalue weighted by molar-refractivity contribution is -0.140. The van der Waals surface area contributed by atoms with Crippen molar-refractivity contribution < 1.29 is 22.9 Å². The Kier molecular flexibility index (Phi) is 5.47. The highest BCUT2D eigenvalue weighted by Crippen LogP contribution is 2.20. The van der Waals surface area contributed by atoms with E-state index < -0.39 is 18.2 Å². The Morgan fingerprint density at radius 3 is 2.71 bits per heavy atom. The molecular weight excluding hydrogens is 346 g/mol. The molecule has 0 aliphatic carbocycles. The van der Waals surface area contributed by atoms with E-state index in [1.807, 2.05) is 6.07 Å². The van der Waals surface area contributed by atoms with E-state index >= 15 is 0 Å². The lowest BCUT2D eigenvalue weighted by Gasteiger charge is -2.17. The van der Waals surface area contributed by atoms with Crippen LogP contribution < -0.4 is 10.7 Å². The van der Waals surface area contributed by atoms with E-state index in [1.54, 1.807) is 30.1 Å². The van der Waals surface area contributed by atoms with Gasteiger partial charge in [0, 0.05) is 23.8 Å². The number of alkyl halides is 2. The molecule has 24 heavy (non-hydrogen) atoms. The Morgan fingerprint density at radius 2 is 2.08 bits per heavy atom. The zero-order valence-corrected chi connectivity index (χ0v) is 13.2. The fraction of sp³-hybridized carbons (Fsp3) is 0.214. The molecule has 2 rings (SSSR count). The van der Waals surface area contributed by atoms with Crippen LogP contribution in [0.1, 0.15) is 16.2 Å². The largest absolute Gasteiger partial charge is 0.367 e. The molecule has 1 heterocycles. The van der Waals surface area contributed by atoms with Gasteiger partial charge in [0.2, 0.25) is 0 Å². The van der Waals surface area contributed by atoms with Crippen LogP contribution in [0.15, 0.2) is 34.9 Å². The Morgan fingerprint density at radius 1 is 1.38 bits per heavy atom. The number of hydrogen-bond donors (Lipinski definition) is 1. The summed E-state index contributed by atoms with van der Waals surface area (Å²) in [7, 11) is 1.76. The number of halogens is 3. The third-order valence-corrected chi connectivity index (χ3v) is 3.30. The lowest BCUT2D eigenvalue weighted by Crippen LogP contribution is -2.45. The van der Waals surface area contributed by atoms with Crippen molar-refractivity contribution in [3.8, 4) is 0 Å². The molecule has 0 aliphatic heterocycles. The Hall–Kier alpha value is -2.52. The second kappa shape index (κ2) is 7.37. The van der Waals surface area contributed by atoms with Gasteiger partial charge < -0.3 is 9.42 Å². The summed E-state index contributed by atoms with van der Waals surface area (Å²) in [5.41, 5.74) is 0.445. The van der Waals surface area contributed by atoms with Crippen LogP contribution in [0.3, 0.4) is 0 Å². The van der Waals surface area contributed by atoms with Crippen LogP contribution in [-0.4, -0.2) is 35.5 Å². The number of nitrogens with two attached hydrogens (primary N) is 1. The zero-order valence-electron chi connectivity index (χ0n) is 12.4. The van der Waals surface area contributed by atoms with Gasteiger partial charge in [-0.3, -0.25) is 9.59 Å². The standard InChI is InChI=1S/C14H13ClF2N4O3/c1-20(9-4-2-3-8(15)5-9)7-10-6-11(19-24-10)13(22)21(18)14(23)12(16)17/h2-6,12H,7,18H2,1H3. The molecule has 128 valence electrons. The van der Waals surface area contributed by atoms with Gasteiger partial charge in [0.1, 0.15) is 0 Å². The summed E-state index contributed by atoms with van der Waals surface area (Å²) in [5, 5.41) is 3.81. The molecule has 0 radical (unpaired) electrons. The first-order valence-corrected chi connectivity index (χ1v) is 7.01. The maximum Gasteiger partial charge on any atom is 0.317 e. The number of aromatic nitrogens is 1. The molecule has 7 nitrogen and oxygen atoms in total. The number of hydrazine groups is 1. The molecule has 2 aromatic rings. The van der Waals surface area contributed by atoms with E-state index in [0.717, 1.165) is 5.69 Å². The molecule has 0 unspecified atom stereocenters. The smallest absolute Gasteiger partial charge is 0.317 e. The molecule has 10 heteroatoms. The van der Waals surface area contributed by atoms with Gasteiger partial charge in [0.25, 0.3) is 5.91 Å². The average Bonchev–Trinajstić information content (AvgIpc) is 3.01. The van der Waals surface area contributed by atoms with Crippen molar-refractivity contribution in [1.82, 2.24) is 10.2 Å². The molecular formula is C14H13ClF2N4O3. The third-order valence-electron chi connectivity index (χ3n) is 3.06. The first-order valence-electron chi connectivity index (χ1n) is 6.63. The number of amides is 2. The highest BCUT2D eigenvalue weighted by molar-refractivity contribution is 6.30. The molecule has 1 aromatic carbocycles. The molecule has 0 aliphatic rings. The molecule has 0 saturated heterocycles. The summed E-state index contributed by atoms with van der Waals surface area (Å²) in [6.07, 6.45) is -3.39. The van der Waals surface area contributed by atoms with Crippen LogP contribution in [0.5, 0.6) is 0 Å². The number of nitrogens with zero attached hydrogens (tertiary/aromatic N) is 3. The average molecular weight is 359 g/mol. The second-order valence-corrected chi connectivity index (χ2v) is 5.26. The molecule has 2 amide bonds. The second-order valence-electron chi connectivity index (χ2n) is 4.83. The van der Waals surface area contributed by atoms with E-state index in [0.29, 0.717) is 5.02 Å². The number of anilines is 1. The minimum absolute atomic E-state index is 0.188. The van der Waals surface area contributed by atoms with Crippen molar-refractivity contribution in [1.29, 1.82) is 0 Å². The number of imide groups is 1. The van der Waals surface area contributed by atoms with Crippen LogP contribution in [0.2, 0.25) is 5.02 Å². The fourth-order valence-corrected chi connectivity index (χ4v) is 2.04. The SMILES string of the molecule is CN(Cc1cc(C(=O)N(N)C(=O)C(F)F)no1)c1cccc(Cl)c1. The van der Waals surface area contributed by atoms with E-state index in [2.05, 4.69) is 5.16 Å². The molecule has 0 spiro atoms. The summed E-state index contributed by atoms with van der Waals surface area (Å²) in [6, 6.07) is 8.26. The molecule has 0 saturated carbocycles. The van der Waals surface area contributed by atoms with Crippen molar-refractivity contribution in [2.75, 3.05) is 11.9 Å². The minimum atomic E-state index is -3.39. The van der Waals surface area contributed by atoms with Gasteiger partial charge in [0.15, 0.2) is 11.5 Å². The van der Waals surface area contributed by atoms with Gasteiger partial charge in [-0.05, 0) is 18.2 Å².